The Labute approximate surface area is 72.0 Å². The third kappa shape index (κ3) is 2.77. The molecule has 0 radical (unpaired) electrons. The van der Waals surface area contributed by atoms with E-state index in [9.17, 15) is 4.79 Å². The van der Waals surface area contributed by atoms with E-state index in [0.717, 1.165) is 6.54 Å². The zero-order valence-electron chi connectivity index (χ0n) is 7.46. The van der Waals surface area contributed by atoms with Gasteiger partial charge >= 0.3 is 0 Å². The van der Waals surface area contributed by atoms with Gasteiger partial charge in [-0.3, -0.25) is 10.2 Å². The van der Waals surface area contributed by atoms with E-state index in [-0.39, 0.29) is 12.0 Å². The number of hydrogen-bond donors (Lipinski definition) is 2. The van der Waals surface area contributed by atoms with Gasteiger partial charge in [-0.2, -0.15) is 0 Å². The lowest BCUT2D eigenvalue weighted by Crippen LogP contribution is -2.50. The molecule has 70 valence electrons. The fourth-order valence-electron chi connectivity index (χ4n) is 1.03. The van der Waals surface area contributed by atoms with Crippen LogP contribution in [0.25, 0.3) is 0 Å². The van der Waals surface area contributed by atoms with Crippen LogP contribution in [0, 0.1) is 0 Å². The molecule has 1 rings (SSSR count). The standard InChI is InChI=1S/C7H15N3O2/c1-10(2)9-7(11)6-5-8-3-4-12-6/h6,8H,3-5H2,1-2H3,(H,9,11). The number of ether oxygens (including phenoxy) is 1. The Morgan fingerprint density at radius 2 is 2.42 bits per heavy atom. The first-order chi connectivity index (χ1) is 5.70. The topological polar surface area (TPSA) is 53.6 Å². The second kappa shape index (κ2) is 4.39. The lowest BCUT2D eigenvalue weighted by Gasteiger charge is -2.24. The van der Waals surface area contributed by atoms with E-state index < -0.39 is 0 Å². The van der Waals surface area contributed by atoms with Crippen LogP contribution >= 0.6 is 0 Å². The fraction of sp³-hybridized carbons (Fsp3) is 0.857. The van der Waals surface area contributed by atoms with E-state index in [1.54, 1.807) is 19.1 Å². The van der Waals surface area contributed by atoms with Crippen LogP contribution in [-0.4, -0.2) is 50.8 Å². The average Bonchev–Trinajstić information content (AvgIpc) is 2.05. The van der Waals surface area contributed by atoms with Gasteiger partial charge in [0.2, 0.25) is 0 Å². The highest BCUT2D eigenvalue weighted by molar-refractivity contribution is 5.80. The quantitative estimate of drug-likeness (QED) is 0.503. The maximum atomic E-state index is 11.3. The summed E-state index contributed by atoms with van der Waals surface area (Å²) in [7, 11) is 3.54. The molecule has 0 aromatic rings. The molecule has 0 bridgehead atoms. The molecule has 1 aliphatic heterocycles. The zero-order valence-corrected chi connectivity index (χ0v) is 7.46. The molecule has 0 spiro atoms. The molecule has 5 nitrogen and oxygen atoms in total. The normalized spacial score (nSPS) is 24.1. The van der Waals surface area contributed by atoms with E-state index in [1.807, 2.05) is 0 Å². The Morgan fingerprint density at radius 1 is 1.67 bits per heavy atom. The van der Waals surface area contributed by atoms with E-state index >= 15 is 0 Å². The first-order valence-corrected chi connectivity index (χ1v) is 4.00. The summed E-state index contributed by atoms with van der Waals surface area (Å²) in [6.45, 7) is 2.02. The molecule has 0 aliphatic carbocycles. The number of carbonyl (C=O) groups excluding carboxylic acids is 1. The monoisotopic (exact) mass is 173 g/mol. The third-order valence-corrected chi connectivity index (χ3v) is 1.55. The van der Waals surface area contributed by atoms with Crippen molar-refractivity contribution in [3.05, 3.63) is 0 Å². The highest BCUT2D eigenvalue weighted by Gasteiger charge is 2.21. The third-order valence-electron chi connectivity index (χ3n) is 1.55. The second-order valence-electron chi connectivity index (χ2n) is 2.93. The van der Waals surface area contributed by atoms with Crippen molar-refractivity contribution in [2.75, 3.05) is 33.8 Å². The highest BCUT2D eigenvalue weighted by atomic mass is 16.5. The summed E-state index contributed by atoms with van der Waals surface area (Å²) in [6, 6.07) is 0. The number of nitrogens with zero attached hydrogens (tertiary/aromatic N) is 1. The van der Waals surface area contributed by atoms with Crippen LogP contribution in [0.3, 0.4) is 0 Å². The van der Waals surface area contributed by atoms with Crippen molar-refractivity contribution in [1.29, 1.82) is 0 Å². The molecule has 1 saturated heterocycles. The molecular weight excluding hydrogens is 158 g/mol. The van der Waals surface area contributed by atoms with E-state index in [2.05, 4.69) is 10.7 Å². The summed E-state index contributed by atoms with van der Waals surface area (Å²) in [5, 5.41) is 4.70. The first kappa shape index (κ1) is 9.44. The lowest BCUT2D eigenvalue weighted by molar-refractivity contribution is -0.138. The van der Waals surface area contributed by atoms with Crippen LogP contribution in [0.2, 0.25) is 0 Å². The number of amides is 1. The van der Waals surface area contributed by atoms with Gasteiger partial charge in [0.15, 0.2) is 0 Å². The van der Waals surface area contributed by atoms with Crippen molar-refractivity contribution < 1.29 is 9.53 Å². The predicted octanol–water partition coefficient (Wildman–Crippen LogP) is -1.43. The molecule has 1 amide bonds. The van der Waals surface area contributed by atoms with Crippen LogP contribution in [0.4, 0.5) is 0 Å². The van der Waals surface area contributed by atoms with Gasteiger partial charge in [0.25, 0.3) is 5.91 Å². The van der Waals surface area contributed by atoms with Gasteiger partial charge in [-0.25, -0.2) is 5.01 Å². The fourth-order valence-corrected chi connectivity index (χ4v) is 1.03. The smallest absolute Gasteiger partial charge is 0.264 e. The molecule has 0 aromatic carbocycles. The van der Waals surface area contributed by atoms with Crippen molar-refractivity contribution in [3.8, 4) is 0 Å². The molecule has 1 unspecified atom stereocenters. The van der Waals surface area contributed by atoms with E-state index in [1.165, 1.54) is 0 Å². The van der Waals surface area contributed by atoms with Gasteiger partial charge in [-0.1, -0.05) is 0 Å². The summed E-state index contributed by atoms with van der Waals surface area (Å²) in [6.07, 6.45) is -0.346. The molecule has 0 saturated carbocycles. The minimum Gasteiger partial charge on any atom is -0.366 e. The molecule has 5 heteroatoms. The minimum absolute atomic E-state index is 0.0906. The minimum atomic E-state index is -0.346. The summed E-state index contributed by atoms with van der Waals surface area (Å²) in [5.41, 5.74) is 2.64. The van der Waals surface area contributed by atoms with Crippen molar-refractivity contribution in [3.63, 3.8) is 0 Å². The first-order valence-electron chi connectivity index (χ1n) is 4.00. The lowest BCUT2D eigenvalue weighted by atomic mass is 10.3. The molecule has 1 aliphatic rings. The highest BCUT2D eigenvalue weighted by Crippen LogP contribution is 1.95. The average molecular weight is 173 g/mol. The zero-order chi connectivity index (χ0) is 8.97. The Balaban J connectivity index is 2.30. The van der Waals surface area contributed by atoms with E-state index in [0.29, 0.717) is 13.2 Å². The number of hydrogen-bond acceptors (Lipinski definition) is 4. The Hall–Kier alpha value is -0.650. The Kier molecular flexibility index (Phi) is 3.46. The summed E-state index contributed by atoms with van der Waals surface area (Å²) >= 11 is 0. The van der Waals surface area contributed by atoms with Gasteiger partial charge in [0.05, 0.1) is 6.61 Å². The van der Waals surface area contributed by atoms with Crippen molar-refractivity contribution in [2.24, 2.45) is 0 Å². The van der Waals surface area contributed by atoms with E-state index in [4.69, 9.17) is 4.74 Å². The molecule has 0 aromatic heterocycles. The van der Waals surface area contributed by atoms with Gasteiger partial charge in [0.1, 0.15) is 6.10 Å². The predicted molar refractivity (Wildman–Crippen MR) is 44.4 cm³/mol. The largest absolute Gasteiger partial charge is 0.366 e. The maximum absolute atomic E-state index is 11.3. The van der Waals surface area contributed by atoms with Gasteiger partial charge < -0.3 is 10.1 Å². The SMILES string of the molecule is CN(C)NC(=O)C1CNCCO1. The van der Waals surface area contributed by atoms with Crippen LogP contribution < -0.4 is 10.7 Å². The van der Waals surface area contributed by atoms with Crippen molar-refractivity contribution >= 4 is 5.91 Å². The summed E-state index contributed by atoms with van der Waals surface area (Å²) in [4.78, 5) is 11.3. The Bertz CT molecular complexity index is 155. The molecular formula is C7H15N3O2. The number of nitrogens with one attached hydrogen (secondary N) is 2. The second-order valence-corrected chi connectivity index (χ2v) is 2.93. The van der Waals surface area contributed by atoms with Gasteiger partial charge in [0, 0.05) is 27.2 Å². The summed E-state index contributed by atoms with van der Waals surface area (Å²) in [5.74, 6) is -0.0906. The molecule has 2 N–H and O–H groups in total. The van der Waals surface area contributed by atoms with Crippen molar-refractivity contribution in [1.82, 2.24) is 15.8 Å². The molecule has 1 atom stereocenters. The molecule has 1 fully saturated rings. The van der Waals surface area contributed by atoms with Gasteiger partial charge in [-0.15, -0.1) is 0 Å². The molecule has 1 heterocycles. The molecule has 12 heavy (non-hydrogen) atoms. The van der Waals surface area contributed by atoms with Crippen LogP contribution in [0.5, 0.6) is 0 Å². The Morgan fingerprint density at radius 3 is 2.92 bits per heavy atom. The van der Waals surface area contributed by atoms with Crippen LogP contribution in [0.15, 0.2) is 0 Å². The van der Waals surface area contributed by atoms with Crippen LogP contribution in [-0.2, 0) is 9.53 Å². The number of carbonyl (C=O) groups is 1. The van der Waals surface area contributed by atoms with Crippen molar-refractivity contribution in [2.45, 2.75) is 6.10 Å². The number of rotatable bonds is 2. The maximum Gasteiger partial charge on any atom is 0.264 e. The number of morpholine rings is 1. The van der Waals surface area contributed by atoms with Gasteiger partial charge in [-0.05, 0) is 0 Å². The summed E-state index contributed by atoms with van der Waals surface area (Å²) < 4.78 is 5.24. The van der Waals surface area contributed by atoms with Crippen LogP contribution in [0.1, 0.15) is 0 Å². The number of hydrazine groups is 1.